The number of ether oxygens (including phenoxy) is 1. The Morgan fingerprint density at radius 3 is 2.30 bits per heavy atom. The second-order valence-electron chi connectivity index (χ2n) is 15.6. The smallest absolute Gasteiger partial charge is 0.312 e. The molecule has 5 nitrogen and oxygen atoms in total. The maximum atomic E-state index is 14.6. The van der Waals surface area contributed by atoms with E-state index in [4.69, 9.17) is 4.74 Å². The first kappa shape index (κ1) is 30.1. The molecule has 5 aliphatic rings. The minimum Gasteiger partial charge on any atom is -0.469 e. The van der Waals surface area contributed by atoms with Crippen molar-refractivity contribution in [3.8, 4) is 0 Å². The van der Waals surface area contributed by atoms with Crippen LogP contribution in [-0.4, -0.2) is 42.6 Å². The van der Waals surface area contributed by atoms with Crippen molar-refractivity contribution in [2.75, 3.05) is 20.0 Å². The molecule has 0 aromatic heterocycles. The van der Waals surface area contributed by atoms with Gasteiger partial charge < -0.3 is 9.84 Å². The molecule has 8 atom stereocenters. The van der Waals surface area contributed by atoms with Crippen LogP contribution in [0.5, 0.6) is 0 Å². The molecule has 4 fully saturated rings. The van der Waals surface area contributed by atoms with Gasteiger partial charge in [-0.1, -0.05) is 40.2 Å². The number of fused-ring (bicyclic) bond motifs is 7. The summed E-state index contributed by atoms with van der Waals surface area (Å²) in [5.74, 6) is -0.210. The zero-order valence-electron chi connectivity index (χ0n) is 26.2. The van der Waals surface area contributed by atoms with Crippen molar-refractivity contribution in [1.82, 2.24) is 0 Å². The molecule has 6 heteroatoms. The lowest BCUT2D eigenvalue weighted by molar-refractivity contribution is -0.192. The van der Waals surface area contributed by atoms with Crippen LogP contribution in [0, 0.1) is 50.2 Å². The van der Waals surface area contributed by atoms with E-state index in [1.54, 1.807) is 11.8 Å². The summed E-state index contributed by atoms with van der Waals surface area (Å²) in [4.78, 5) is 42.9. The number of hydrogen-bond acceptors (Lipinski definition) is 6. The molecule has 0 amide bonds. The summed E-state index contributed by atoms with van der Waals surface area (Å²) in [6.45, 7) is 15.3. The number of esters is 1. The average Bonchev–Trinajstić information content (AvgIpc) is 2.90. The minimum absolute atomic E-state index is 0.0328. The van der Waals surface area contributed by atoms with Gasteiger partial charge in [-0.15, -0.1) is 11.8 Å². The predicted molar refractivity (Wildman–Crippen MR) is 159 cm³/mol. The van der Waals surface area contributed by atoms with E-state index in [0.717, 1.165) is 55.4 Å². The van der Waals surface area contributed by atoms with E-state index in [9.17, 15) is 19.5 Å². The Labute approximate surface area is 245 Å². The van der Waals surface area contributed by atoms with Crippen LogP contribution in [0.2, 0.25) is 0 Å². The quantitative estimate of drug-likeness (QED) is 0.293. The van der Waals surface area contributed by atoms with Gasteiger partial charge in [0.25, 0.3) is 0 Å². The number of carbonyl (C=O) groups is 3. The molecule has 5 aliphatic carbocycles. The number of aliphatic hydroxyl groups excluding tert-OH is 1. The lowest BCUT2D eigenvalue weighted by Gasteiger charge is -2.69. The summed E-state index contributed by atoms with van der Waals surface area (Å²) in [5.41, 5.74) is -0.348. The molecule has 0 saturated heterocycles. The molecule has 0 aromatic carbocycles. The topological polar surface area (TPSA) is 80.7 Å². The summed E-state index contributed by atoms with van der Waals surface area (Å²) in [7, 11) is 1.50. The molecule has 0 aromatic rings. The van der Waals surface area contributed by atoms with E-state index < -0.39 is 16.2 Å². The van der Waals surface area contributed by atoms with Gasteiger partial charge in [-0.3, -0.25) is 14.4 Å². The Balaban J connectivity index is 1.69. The summed E-state index contributed by atoms with van der Waals surface area (Å²) in [6, 6.07) is 0. The Morgan fingerprint density at radius 1 is 1.05 bits per heavy atom. The summed E-state index contributed by atoms with van der Waals surface area (Å²) < 4.78 is 5.45. The van der Waals surface area contributed by atoms with Crippen LogP contribution in [0.4, 0.5) is 0 Å². The number of carbonyl (C=O) groups excluding carboxylic acids is 3. The number of allylic oxidation sites excluding steroid dienone is 4. The Bertz CT molecular complexity index is 1210. The zero-order chi connectivity index (χ0) is 29.7. The molecule has 222 valence electrons. The van der Waals surface area contributed by atoms with Crippen LogP contribution in [0.1, 0.15) is 99.8 Å². The van der Waals surface area contributed by atoms with Gasteiger partial charge >= 0.3 is 5.97 Å². The molecule has 5 rings (SSSR count). The molecule has 0 aliphatic heterocycles. The van der Waals surface area contributed by atoms with E-state index in [2.05, 4.69) is 34.6 Å². The summed E-state index contributed by atoms with van der Waals surface area (Å²) >= 11 is 1.59. The van der Waals surface area contributed by atoms with Crippen LogP contribution >= 0.6 is 11.8 Å². The monoisotopic (exact) mass is 570 g/mol. The summed E-state index contributed by atoms with van der Waals surface area (Å²) in [5, 5.41) is 10.7. The van der Waals surface area contributed by atoms with Gasteiger partial charge in [0.1, 0.15) is 0 Å². The van der Waals surface area contributed by atoms with Crippen LogP contribution in [0.25, 0.3) is 0 Å². The van der Waals surface area contributed by atoms with Crippen molar-refractivity contribution in [3.05, 3.63) is 22.1 Å². The first-order valence-electron chi connectivity index (χ1n) is 15.3. The first-order chi connectivity index (χ1) is 18.5. The van der Waals surface area contributed by atoms with E-state index >= 15 is 0 Å². The third-order valence-corrected chi connectivity index (χ3v) is 14.3. The Hall–Kier alpha value is -1.40. The average molecular weight is 571 g/mol. The molecular formula is C34H50O5S. The van der Waals surface area contributed by atoms with Crippen molar-refractivity contribution in [3.63, 3.8) is 0 Å². The molecule has 0 unspecified atom stereocenters. The Morgan fingerprint density at radius 2 is 1.70 bits per heavy atom. The van der Waals surface area contributed by atoms with Gasteiger partial charge in [0.2, 0.25) is 0 Å². The van der Waals surface area contributed by atoms with Crippen molar-refractivity contribution < 1.29 is 24.2 Å². The van der Waals surface area contributed by atoms with E-state index in [1.807, 2.05) is 26.2 Å². The maximum Gasteiger partial charge on any atom is 0.312 e. The number of methoxy groups -OCH3 is 1. The van der Waals surface area contributed by atoms with Gasteiger partial charge in [-0.2, -0.15) is 0 Å². The van der Waals surface area contributed by atoms with E-state index in [-0.39, 0.29) is 58.1 Å². The number of rotatable bonds is 3. The summed E-state index contributed by atoms with van der Waals surface area (Å²) in [6.07, 6.45) is 10.5. The lowest BCUT2D eigenvalue weighted by atomic mass is 9.33. The Kier molecular flexibility index (Phi) is 6.99. The van der Waals surface area contributed by atoms with Crippen molar-refractivity contribution in [2.45, 2.75) is 99.8 Å². The highest BCUT2D eigenvalue weighted by Gasteiger charge is 2.71. The van der Waals surface area contributed by atoms with E-state index in [1.165, 1.54) is 12.7 Å². The van der Waals surface area contributed by atoms with Gasteiger partial charge in [-0.05, 0) is 116 Å². The van der Waals surface area contributed by atoms with Crippen LogP contribution in [0.3, 0.4) is 0 Å². The normalized spacial score (nSPS) is 47.2. The number of hydrogen-bond donors (Lipinski definition) is 1. The minimum atomic E-state index is -0.873. The predicted octanol–water partition coefficient (Wildman–Crippen LogP) is 6.93. The van der Waals surface area contributed by atoms with Crippen molar-refractivity contribution in [1.29, 1.82) is 0 Å². The largest absolute Gasteiger partial charge is 0.469 e. The number of thioether (sulfide) groups is 1. The second-order valence-corrected chi connectivity index (χ2v) is 16.7. The number of aliphatic hydroxyl groups is 1. The maximum absolute atomic E-state index is 14.6. The molecule has 4 saturated carbocycles. The van der Waals surface area contributed by atoms with E-state index in [0.29, 0.717) is 6.42 Å². The fraction of sp³-hybridized carbons (Fsp3) is 0.794. The van der Waals surface area contributed by atoms with Crippen LogP contribution < -0.4 is 0 Å². The number of ketones is 2. The molecule has 0 spiro atoms. The van der Waals surface area contributed by atoms with Crippen LogP contribution in [0.15, 0.2) is 22.1 Å². The van der Waals surface area contributed by atoms with Crippen molar-refractivity contribution >= 4 is 29.3 Å². The standard InChI is InChI=1S/C34H50O5S/c1-20(40-9)21-17-30(4)24(31(5,19-35)27(21)37)10-11-32(6)25(30)16-23(36)26-22-18-29(2,3)12-14-34(22,28(38)39-8)15-13-33(26,32)7/h16,22,24,26,35H,10-15,17-19H2,1-9H3/b21-20+/t22-,24+,26-,30-,31+,32+,33+,34-/m0/s1. The molecule has 40 heavy (non-hydrogen) atoms. The number of Topliss-reactive ketones (excluding diaryl/α,β-unsaturated/α-hetero) is 1. The van der Waals surface area contributed by atoms with Gasteiger partial charge in [0.15, 0.2) is 11.6 Å². The molecular weight excluding hydrogens is 520 g/mol. The SMILES string of the molecule is COC(=O)[C@]12CCC(C)(C)C[C@H]1[C@H]1C(=O)C=C3[C@@]4(C)C/C(=C(/C)SC)C(=O)[C@](C)(CO)[C@@H]4CC[C@@]3(C)[C@]1(C)CC2. The molecule has 0 bridgehead atoms. The molecule has 1 N–H and O–H groups in total. The molecule has 0 heterocycles. The van der Waals surface area contributed by atoms with Crippen LogP contribution in [-0.2, 0) is 19.1 Å². The lowest BCUT2D eigenvalue weighted by Crippen LogP contribution is -2.66. The fourth-order valence-corrected chi connectivity index (χ4v) is 11.2. The first-order valence-corrected chi connectivity index (χ1v) is 16.5. The van der Waals surface area contributed by atoms with Gasteiger partial charge in [0.05, 0.1) is 24.5 Å². The zero-order valence-corrected chi connectivity index (χ0v) is 27.0. The van der Waals surface area contributed by atoms with Crippen molar-refractivity contribution in [2.24, 2.45) is 50.2 Å². The van der Waals surface area contributed by atoms with Gasteiger partial charge in [-0.25, -0.2) is 0 Å². The fourth-order valence-electron chi connectivity index (χ4n) is 10.8. The highest BCUT2D eigenvalue weighted by molar-refractivity contribution is 8.02. The third kappa shape index (κ3) is 3.66. The highest BCUT2D eigenvalue weighted by atomic mass is 32.2. The highest BCUT2D eigenvalue weighted by Crippen LogP contribution is 2.75. The molecule has 0 radical (unpaired) electrons. The third-order valence-electron chi connectivity index (χ3n) is 13.4. The second kappa shape index (κ2) is 9.30. The van der Waals surface area contributed by atoms with Gasteiger partial charge in [0, 0.05) is 11.5 Å².